The number of carbonyl (C=O) groups is 1. The molecule has 33 heavy (non-hydrogen) atoms. The maximum Gasteiger partial charge on any atom is 0.252 e. The fraction of sp³-hybridized carbons (Fsp3) is 0.360. The van der Waals surface area contributed by atoms with Crippen LogP contribution in [0.3, 0.4) is 0 Å². The maximum atomic E-state index is 12.8. The Kier molecular flexibility index (Phi) is 6.18. The first-order valence-corrected chi connectivity index (χ1v) is 11.1. The predicted molar refractivity (Wildman–Crippen MR) is 127 cm³/mol. The Morgan fingerprint density at radius 3 is 2.73 bits per heavy atom. The Hall–Kier alpha value is -3.68. The number of fused-ring (bicyclic) bond motifs is 1. The molecule has 8 nitrogen and oxygen atoms in total. The van der Waals surface area contributed by atoms with Gasteiger partial charge in [-0.3, -0.25) is 4.79 Å². The summed E-state index contributed by atoms with van der Waals surface area (Å²) in [7, 11) is 0. The van der Waals surface area contributed by atoms with Crippen LogP contribution in [0, 0.1) is 0 Å². The second-order valence-electron chi connectivity index (χ2n) is 9.01. The van der Waals surface area contributed by atoms with Crippen LogP contribution in [0.25, 0.3) is 12.0 Å². The highest BCUT2D eigenvalue weighted by Crippen LogP contribution is 2.35. The van der Waals surface area contributed by atoms with E-state index in [1.165, 1.54) is 6.08 Å². The molecule has 0 saturated carbocycles. The fourth-order valence-electron chi connectivity index (χ4n) is 3.59. The smallest absolute Gasteiger partial charge is 0.252 e. The quantitative estimate of drug-likeness (QED) is 0.566. The lowest BCUT2D eigenvalue weighted by molar-refractivity contribution is -0.111. The van der Waals surface area contributed by atoms with Gasteiger partial charge in [0.05, 0.1) is 12.3 Å². The molecular formula is C25H29N5O3. The monoisotopic (exact) mass is 447 g/mol. The van der Waals surface area contributed by atoms with Gasteiger partial charge < -0.3 is 14.8 Å². The molecule has 3 aromatic rings. The Bertz CT molecular complexity index is 1180. The molecule has 0 saturated heterocycles. The van der Waals surface area contributed by atoms with E-state index in [9.17, 15) is 4.79 Å². The van der Waals surface area contributed by atoms with Gasteiger partial charge in [0.2, 0.25) is 5.91 Å². The van der Waals surface area contributed by atoms with E-state index in [-0.39, 0.29) is 17.4 Å². The molecule has 4 rings (SSSR count). The van der Waals surface area contributed by atoms with Crippen LogP contribution in [-0.2, 0) is 16.6 Å². The topological polar surface area (TPSA) is 91.2 Å². The minimum atomic E-state index is -0.301. The third-order valence-electron chi connectivity index (χ3n) is 5.21. The minimum absolute atomic E-state index is 0.134. The van der Waals surface area contributed by atoms with Gasteiger partial charge in [-0.1, -0.05) is 20.8 Å². The van der Waals surface area contributed by atoms with E-state index in [4.69, 9.17) is 9.47 Å². The average Bonchev–Trinajstić information content (AvgIpc) is 3.35. The number of benzene rings is 1. The van der Waals surface area contributed by atoms with Gasteiger partial charge in [-0.05, 0) is 38.1 Å². The summed E-state index contributed by atoms with van der Waals surface area (Å²) in [6.07, 6.45) is 7.47. The molecule has 1 aromatic carbocycles. The van der Waals surface area contributed by atoms with E-state index in [1.807, 2.05) is 32.0 Å². The lowest BCUT2D eigenvalue weighted by Gasteiger charge is -2.13. The Morgan fingerprint density at radius 2 is 2.03 bits per heavy atom. The zero-order valence-electron chi connectivity index (χ0n) is 19.6. The molecule has 0 bridgehead atoms. The lowest BCUT2D eigenvalue weighted by Crippen LogP contribution is -2.14. The van der Waals surface area contributed by atoms with Crippen molar-refractivity contribution in [3.63, 3.8) is 0 Å². The second-order valence-corrected chi connectivity index (χ2v) is 9.01. The van der Waals surface area contributed by atoms with Crippen LogP contribution in [0.2, 0.25) is 0 Å². The van der Waals surface area contributed by atoms with Crippen LogP contribution in [0.15, 0.2) is 42.7 Å². The van der Waals surface area contributed by atoms with Crippen LogP contribution < -0.4 is 14.8 Å². The van der Waals surface area contributed by atoms with Crippen LogP contribution in [0.5, 0.6) is 11.5 Å². The van der Waals surface area contributed by atoms with E-state index >= 15 is 0 Å². The summed E-state index contributed by atoms with van der Waals surface area (Å²) in [5.74, 6) is 2.15. The van der Waals surface area contributed by atoms with Crippen molar-refractivity contribution in [3.8, 4) is 17.4 Å². The van der Waals surface area contributed by atoms with Crippen molar-refractivity contribution in [2.24, 2.45) is 0 Å². The maximum absolute atomic E-state index is 12.8. The number of carbonyl (C=O) groups excluding carboxylic acids is 1. The number of hydrogen-bond acceptors (Lipinski definition) is 6. The summed E-state index contributed by atoms with van der Waals surface area (Å²) in [5, 5.41) is 7.53. The van der Waals surface area contributed by atoms with Crippen LogP contribution in [0.1, 0.15) is 51.4 Å². The molecule has 1 atom stereocenters. The summed E-state index contributed by atoms with van der Waals surface area (Å²) in [6.45, 7) is 10.7. The molecule has 0 fully saturated rings. The number of anilines is 1. The summed E-state index contributed by atoms with van der Waals surface area (Å²) in [5.41, 5.74) is 2.52. The first kappa shape index (κ1) is 22.5. The van der Waals surface area contributed by atoms with Crippen LogP contribution >= 0.6 is 0 Å². The van der Waals surface area contributed by atoms with Gasteiger partial charge >= 0.3 is 0 Å². The number of rotatable bonds is 6. The van der Waals surface area contributed by atoms with E-state index in [0.717, 1.165) is 34.7 Å². The minimum Gasteiger partial charge on any atom is -0.493 e. The Morgan fingerprint density at radius 1 is 1.27 bits per heavy atom. The summed E-state index contributed by atoms with van der Waals surface area (Å²) < 4.78 is 13.2. The third kappa shape index (κ3) is 5.05. The van der Waals surface area contributed by atoms with E-state index < -0.39 is 0 Å². The standard InChI is InChI=1S/C25H29N5O3/c1-6-32-19-14-18-12-16(2)33-20(18)13-17(19)8-9-23(31)28-22-15-21(25(3,4)5)29-30(22)24-26-10-7-11-27-24/h7-11,13-16H,6,12H2,1-5H3,(H,28,31)/b9-8+. The van der Waals surface area contributed by atoms with Gasteiger partial charge in [0.1, 0.15) is 23.4 Å². The number of ether oxygens (including phenoxy) is 2. The first-order valence-electron chi connectivity index (χ1n) is 11.1. The summed E-state index contributed by atoms with van der Waals surface area (Å²) in [6, 6.07) is 7.50. The van der Waals surface area contributed by atoms with E-state index in [0.29, 0.717) is 18.4 Å². The second kappa shape index (κ2) is 9.05. The molecule has 1 aliphatic heterocycles. The summed E-state index contributed by atoms with van der Waals surface area (Å²) >= 11 is 0. The Labute approximate surface area is 193 Å². The van der Waals surface area contributed by atoms with Crippen molar-refractivity contribution >= 4 is 17.8 Å². The fourth-order valence-corrected chi connectivity index (χ4v) is 3.59. The SMILES string of the molecule is CCOc1cc2c(cc1/C=C/C(=O)Nc1cc(C(C)(C)C)nn1-c1ncccn1)OC(C)C2. The van der Waals surface area contributed by atoms with Crippen molar-refractivity contribution in [1.82, 2.24) is 19.7 Å². The molecule has 1 N–H and O–H groups in total. The number of amides is 1. The zero-order chi connectivity index (χ0) is 23.6. The molecular weight excluding hydrogens is 418 g/mol. The molecule has 172 valence electrons. The average molecular weight is 448 g/mol. The molecule has 0 aliphatic carbocycles. The van der Waals surface area contributed by atoms with Crippen LogP contribution in [0.4, 0.5) is 5.82 Å². The van der Waals surface area contributed by atoms with Crippen molar-refractivity contribution in [2.75, 3.05) is 11.9 Å². The number of aromatic nitrogens is 4. The number of hydrogen-bond donors (Lipinski definition) is 1. The molecule has 3 heterocycles. The molecule has 2 aromatic heterocycles. The highest BCUT2D eigenvalue weighted by molar-refractivity contribution is 6.01. The first-order chi connectivity index (χ1) is 15.7. The highest BCUT2D eigenvalue weighted by Gasteiger charge is 2.23. The van der Waals surface area contributed by atoms with Gasteiger partial charge in [0, 0.05) is 47.5 Å². The van der Waals surface area contributed by atoms with Gasteiger partial charge in [0.15, 0.2) is 0 Å². The van der Waals surface area contributed by atoms with Gasteiger partial charge in [-0.15, -0.1) is 0 Å². The van der Waals surface area contributed by atoms with Crippen molar-refractivity contribution < 1.29 is 14.3 Å². The molecule has 1 aliphatic rings. The molecule has 1 unspecified atom stereocenters. The van der Waals surface area contributed by atoms with E-state index in [2.05, 4.69) is 41.2 Å². The summed E-state index contributed by atoms with van der Waals surface area (Å²) in [4.78, 5) is 21.4. The zero-order valence-corrected chi connectivity index (χ0v) is 19.6. The number of nitrogens with zero attached hydrogens (tertiary/aromatic N) is 4. The predicted octanol–water partition coefficient (Wildman–Crippen LogP) is 4.33. The molecule has 1 amide bonds. The molecule has 0 radical (unpaired) electrons. The Balaban J connectivity index is 1.60. The molecule has 0 spiro atoms. The third-order valence-corrected chi connectivity index (χ3v) is 5.21. The largest absolute Gasteiger partial charge is 0.493 e. The number of nitrogens with one attached hydrogen (secondary N) is 1. The van der Waals surface area contributed by atoms with Crippen molar-refractivity contribution in [3.05, 3.63) is 59.6 Å². The van der Waals surface area contributed by atoms with Crippen molar-refractivity contribution in [2.45, 2.75) is 52.6 Å². The van der Waals surface area contributed by atoms with Gasteiger partial charge in [-0.25, -0.2) is 9.97 Å². The lowest BCUT2D eigenvalue weighted by atomic mass is 9.92. The highest BCUT2D eigenvalue weighted by atomic mass is 16.5. The normalized spacial score (nSPS) is 15.4. The molecule has 8 heteroatoms. The van der Waals surface area contributed by atoms with E-state index in [1.54, 1.807) is 29.2 Å². The van der Waals surface area contributed by atoms with Gasteiger partial charge in [0.25, 0.3) is 5.95 Å². The van der Waals surface area contributed by atoms with Crippen molar-refractivity contribution in [1.29, 1.82) is 0 Å². The van der Waals surface area contributed by atoms with Gasteiger partial charge in [-0.2, -0.15) is 9.78 Å². The van der Waals surface area contributed by atoms with Crippen LogP contribution in [-0.4, -0.2) is 38.4 Å².